The fraction of sp³-hybridized carbons (Fsp3) is 0.211. The van der Waals surface area contributed by atoms with E-state index in [1.807, 2.05) is 18.2 Å². The van der Waals surface area contributed by atoms with Crippen LogP contribution in [-0.2, 0) is 5.41 Å². The summed E-state index contributed by atoms with van der Waals surface area (Å²) in [5.74, 6) is 0. The van der Waals surface area contributed by atoms with Gasteiger partial charge in [0.25, 0.3) is 0 Å². The lowest BCUT2D eigenvalue weighted by Crippen LogP contribution is -2.10. The SMILES string of the molecule is CC(C)(C)c1cccc(-c2cc3cc(C=O)ccc3[nH]2)c1. The van der Waals surface area contributed by atoms with Crippen LogP contribution >= 0.6 is 0 Å². The highest BCUT2D eigenvalue weighted by molar-refractivity contribution is 5.90. The standard InChI is InChI=1S/C19H19NO/c1-19(2,3)16-6-4-5-14(10-16)18-11-15-9-13(12-21)7-8-17(15)20-18/h4-12,20H,1-3H3. The van der Waals surface area contributed by atoms with Crippen LogP contribution in [0.3, 0.4) is 0 Å². The van der Waals surface area contributed by atoms with E-state index in [1.165, 1.54) is 11.1 Å². The maximum atomic E-state index is 10.9. The lowest BCUT2D eigenvalue weighted by Gasteiger charge is -2.19. The van der Waals surface area contributed by atoms with E-state index in [9.17, 15) is 4.79 Å². The van der Waals surface area contributed by atoms with Crippen molar-refractivity contribution in [3.63, 3.8) is 0 Å². The first-order chi connectivity index (χ1) is 9.97. The summed E-state index contributed by atoms with van der Waals surface area (Å²) in [7, 11) is 0. The van der Waals surface area contributed by atoms with Crippen LogP contribution < -0.4 is 0 Å². The first-order valence-corrected chi connectivity index (χ1v) is 7.16. The van der Waals surface area contributed by atoms with Gasteiger partial charge in [0, 0.05) is 22.2 Å². The summed E-state index contributed by atoms with van der Waals surface area (Å²) in [4.78, 5) is 14.3. The number of nitrogens with one attached hydrogen (secondary N) is 1. The first kappa shape index (κ1) is 13.6. The number of hydrogen-bond donors (Lipinski definition) is 1. The summed E-state index contributed by atoms with van der Waals surface area (Å²) in [6.07, 6.45) is 0.881. The number of aromatic amines is 1. The minimum atomic E-state index is 0.132. The van der Waals surface area contributed by atoms with E-state index in [-0.39, 0.29) is 5.41 Å². The third kappa shape index (κ3) is 2.62. The monoisotopic (exact) mass is 277 g/mol. The van der Waals surface area contributed by atoms with Crippen LogP contribution in [0.4, 0.5) is 0 Å². The Bertz CT molecular complexity index is 806. The number of fused-ring (bicyclic) bond motifs is 1. The fourth-order valence-corrected chi connectivity index (χ4v) is 2.53. The van der Waals surface area contributed by atoms with Crippen LogP contribution in [0.1, 0.15) is 36.7 Å². The molecule has 0 aliphatic heterocycles. The minimum Gasteiger partial charge on any atom is -0.355 e. The Hall–Kier alpha value is -2.35. The van der Waals surface area contributed by atoms with Crippen molar-refractivity contribution in [3.8, 4) is 11.3 Å². The Labute approximate surface area is 124 Å². The molecule has 2 nitrogen and oxygen atoms in total. The summed E-state index contributed by atoms with van der Waals surface area (Å²) >= 11 is 0. The highest BCUT2D eigenvalue weighted by Gasteiger charge is 2.14. The molecule has 0 saturated heterocycles. The van der Waals surface area contributed by atoms with Crippen LogP contribution in [0, 0.1) is 0 Å². The normalized spacial score (nSPS) is 11.8. The van der Waals surface area contributed by atoms with E-state index in [1.54, 1.807) is 0 Å². The van der Waals surface area contributed by atoms with Crippen molar-refractivity contribution in [3.05, 3.63) is 59.7 Å². The molecule has 0 aliphatic carbocycles. The molecular formula is C19H19NO. The van der Waals surface area contributed by atoms with Gasteiger partial charge in [-0.1, -0.05) is 39.0 Å². The minimum absolute atomic E-state index is 0.132. The summed E-state index contributed by atoms with van der Waals surface area (Å²) in [6.45, 7) is 6.65. The van der Waals surface area contributed by atoms with Crippen LogP contribution in [0.25, 0.3) is 22.2 Å². The molecule has 0 amide bonds. The third-order valence-corrected chi connectivity index (χ3v) is 3.82. The van der Waals surface area contributed by atoms with E-state index in [2.05, 4.69) is 56.1 Å². The van der Waals surface area contributed by atoms with Gasteiger partial charge >= 0.3 is 0 Å². The van der Waals surface area contributed by atoms with Gasteiger partial charge in [-0.15, -0.1) is 0 Å². The van der Waals surface area contributed by atoms with Gasteiger partial charge in [0.1, 0.15) is 6.29 Å². The van der Waals surface area contributed by atoms with Crippen LogP contribution in [0.15, 0.2) is 48.5 Å². The van der Waals surface area contributed by atoms with Crippen molar-refractivity contribution in [1.29, 1.82) is 0 Å². The third-order valence-electron chi connectivity index (χ3n) is 3.82. The maximum Gasteiger partial charge on any atom is 0.150 e. The van der Waals surface area contributed by atoms with Crippen molar-refractivity contribution in [2.24, 2.45) is 0 Å². The molecule has 3 aromatic rings. The van der Waals surface area contributed by atoms with Crippen LogP contribution in [0.2, 0.25) is 0 Å². The van der Waals surface area contributed by atoms with Crippen molar-refractivity contribution < 1.29 is 4.79 Å². The van der Waals surface area contributed by atoms with Gasteiger partial charge in [-0.25, -0.2) is 0 Å². The molecule has 1 aromatic heterocycles. The van der Waals surface area contributed by atoms with Crippen molar-refractivity contribution in [2.45, 2.75) is 26.2 Å². The lowest BCUT2D eigenvalue weighted by atomic mass is 9.86. The Morgan fingerprint density at radius 2 is 1.81 bits per heavy atom. The molecular weight excluding hydrogens is 258 g/mol. The second kappa shape index (κ2) is 4.88. The molecule has 21 heavy (non-hydrogen) atoms. The summed E-state index contributed by atoms with van der Waals surface area (Å²) < 4.78 is 0. The highest BCUT2D eigenvalue weighted by atomic mass is 16.1. The number of carbonyl (C=O) groups excluding carboxylic acids is 1. The molecule has 106 valence electrons. The van der Waals surface area contributed by atoms with Crippen molar-refractivity contribution in [2.75, 3.05) is 0 Å². The zero-order valence-electron chi connectivity index (χ0n) is 12.6. The predicted molar refractivity (Wildman–Crippen MR) is 87.8 cm³/mol. The predicted octanol–water partition coefficient (Wildman–Crippen LogP) is 4.94. The molecule has 0 aliphatic rings. The number of carbonyl (C=O) groups is 1. The number of aldehydes is 1. The lowest BCUT2D eigenvalue weighted by molar-refractivity contribution is 0.112. The average molecular weight is 277 g/mol. The van der Waals surface area contributed by atoms with Gasteiger partial charge in [-0.2, -0.15) is 0 Å². The molecule has 0 radical (unpaired) electrons. The van der Waals surface area contributed by atoms with Gasteiger partial charge in [0.2, 0.25) is 0 Å². The van der Waals surface area contributed by atoms with Crippen molar-refractivity contribution >= 4 is 17.2 Å². The summed E-state index contributed by atoms with van der Waals surface area (Å²) in [5.41, 5.74) is 5.46. The van der Waals surface area contributed by atoms with Crippen molar-refractivity contribution in [1.82, 2.24) is 4.98 Å². The molecule has 0 spiro atoms. The van der Waals surface area contributed by atoms with Gasteiger partial charge in [-0.3, -0.25) is 4.79 Å². The number of hydrogen-bond acceptors (Lipinski definition) is 1. The first-order valence-electron chi connectivity index (χ1n) is 7.16. The molecule has 0 atom stereocenters. The molecule has 0 saturated carbocycles. The molecule has 0 fully saturated rings. The largest absolute Gasteiger partial charge is 0.355 e. The second-order valence-electron chi connectivity index (χ2n) is 6.48. The summed E-state index contributed by atoms with van der Waals surface area (Å²) in [6, 6.07) is 16.4. The van der Waals surface area contributed by atoms with E-state index in [4.69, 9.17) is 0 Å². The van der Waals surface area contributed by atoms with Crippen LogP contribution in [0.5, 0.6) is 0 Å². The molecule has 3 rings (SSSR count). The molecule has 0 unspecified atom stereocenters. The summed E-state index contributed by atoms with van der Waals surface area (Å²) in [5, 5.41) is 1.07. The van der Waals surface area contributed by atoms with Gasteiger partial charge in [-0.05, 0) is 46.9 Å². The van der Waals surface area contributed by atoms with E-state index < -0.39 is 0 Å². The van der Waals surface area contributed by atoms with Gasteiger partial charge in [0.05, 0.1) is 0 Å². The van der Waals surface area contributed by atoms with Gasteiger partial charge in [0.15, 0.2) is 0 Å². The Morgan fingerprint density at radius 1 is 1.00 bits per heavy atom. The number of aromatic nitrogens is 1. The van der Waals surface area contributed by atoms with Gasteiger partial charge < -0.3 is 4.98 Å². The van der Waals surface area contributed by atoms with Crippen LogP contribution in [-0.4, -0.2) is 11.3 Å². The number of rotatable bonds is 2. The smallest absolute Gasteiger partial charge is 0.150 e. The average Bonchev–Trinajstić information content (AvgIpc) is 2.89. The zero-order chi connectivity index (χ0) is 15.0. The number of H-pyrrole nitrogens is 1. The second-order valence-corrected chi connectivity index (χ2v) is 6.48. The molecule has 0 bridgehead atoms. The Morgan fingerprint density at radius 3 is 2.52 bits per heavy atom. The Kier molecular flexibility index (Phi) is 3.17. The Balaban J connectivity index is 2.10. The molecule has 1 N–H and O–H groups in total. The highest BCUT2D eigenvalue weighted by Crippen LogP contribution is 2.29. The molecule has 2 heteroatoms. The van der Waals surface area contributed by atoms with E-state index >= 15 is 0 Å². The maximum absolute atomic E-state index is 10.9. The molecule has 1 heterocycles. The van der Waals surface area contributed by atoms with E-state index in [0.29, 0.717) is 5.56 Å². The topological polar surface area (TPSA) is 32.9 Å². The fourth-order valence-electron chi connectivity index (χ4n) is 2.53. The zero-order valence-corrected chi connectivity index (χ0v) is 12.6. The number of benzene rings is 2. The van der Waals surface area contributed by atoms with E-state index in [0.717, 1.165) is 22.9 Å². The quantitative estimate of drug-likeness (QED) is 0.661. The molecule has 2 aromatic carbocycles.